The molecule has 2 heteroatoms. The zero-order valence-corrected chi connectivity index (χ0v) is 18.3. The zero-order valence-electron chi connectivity index (χ0n) is 18.3. The van der Waals surface area contributed by atoms with Gasteiger partial charge < -0.3 is 4.74 Å². The van der Waals surface area contributed by atoms with Crippen LogP contribution < -0.4 is 4.74 Å². The van der Waals surface area contributed by atoms with Crippen LogP contribution in [0.2, 0.25) is 0 Å². The molecule has 27 heavy (non-hydrogen) atoms. The number of carbonyl (C=O) groups is 1. The summed E-state index contributed by atoms with van der Waals surface area (Å²) in [5.41, 5.74) is 2.98. The topological polar surface area (TPSA) is 26.3 Å². The molecule has 0 unspecified atom stereocenters. The van der Waals surface area contributed by atoms with Gasteiger partial charge in [-0.1, -0.05) is 72.6 Å². The molecule has 0 radical (unpaired) electrons. The second-order valence-electron chi connectivity index (χ2n) is 8.57. The molecule has 0 amide bonds. The molecule has 1 heterocycles. The van der Waals surface area contributed by atoms with Crippen LogP contribution in [0.1, 0.15) is 113 Å². The Bertz CT molecular complexity index is 605. The van der Waals surface area contributed by atoms with Gasteiger partial charge in [0.25, 0.3) is 0 Å². The second-order valence-corrected chi connectivity index (χ2v) is 8.57. The summed E-state index contributed by atoms with van der Waals surface area (Å²) in [5, 5.41) is 0. The normalized spacial score (nSPS) is 18.5. The van der Waals surface area contributed by atoms with Crippen molar-refractivity contribution in [3.63, 3.8) is 0 Å². The fourth-order valence-electron chi connectivity index (χ4n) is 4.80. The summed E-state index contributed by atoms with van der Waals surface area (Å²) < 4.78 is 6.35. The minimum Gasteiger partial charge on any atom is -0.486 e. The summed E-state index contributed by atoms with van der Waals surface area (Å²) in [4.78, 5) is 12.5. The van der Waals surface area contributed by atoms with Crippen LogP contribution in [0.25, 0.3) is 0 Å². The number of ether oxygens (including phenoxy) is 1. The number of hydrogen-bond donors (Lipinski definition) is 0. The summed E-state index contributed by atoms with van der Waals surface area (Å²) in [6.45, 7) is 10.8. The van der Waals surface area contributed by atoms with Crippen LogP contribution in [0.5, 0.6) is 5.75 Å². The summed E-state index contributed by atoms with van der Waals surface area (Å²) in [5.74, 6) is 2.16. The fraction of sp³-hybridized carbons (Fsp3) is 0.720. The third-order valence-electron chi connectivity index (χ3n) is 6.39. The molecule has 1 fully saturated rings. The SMILES string of the molecule is CCC1CCCC1.CCCC1(CCC)CC(=O)c2cc(C)c(CC)cc2O1. The molecule has 0 bridgehead atoms. The fourth-order valence-corrected chi connectivity index (χ4v) is 4.80. The van der Waals surface area contributed by atoms with E-state index in [1.54, 1.807) is 0 Å². The zero-order chi connectivity index (χ0) is 19.9. The Morgan fingerprint density at radius 3 is 2.15 bits per heavy atom. The molecule has 2 nitrogen and oxygen atoms in total. The van der Waals surface area contributed by atoms with Crippen molar-refractivity contribution >= 4 is 5.78 Å². The predicted octanol–water partition coefficient (Wildman–Crippen LogP) is 7.45. The van der Waals surface area contributed by atoms with Gasteiger partial charge in [-0.2, -0.15) is 0 Å². The highest BCUT2D eigenvalue weighted by molar-refractivity contribution is 6.00. The minimum atomic E-state index is -0.270. The smallest absolute Gasteiger partial charge is 0.170 e. The van der Waals surface area contributed by atoms with Crippen LogP contribution in [0, 0.1) is 12.8 Å². The molecule has 0 spiro atoms. The average molecular weight is 373 g/mol. The van der Waals surface area contributed by atoms with Crippen molar-refractivity contribution < 1.29 is 9.53 Å². The van der Waals surface area contributed by atoms with Crippen molar-refractivity contribution in [2.45, 2.75) is 111 Å². The van der Waals surface area contributed by atoms with Crippen LogP contribution in [-0.2, 0) is 6.42 Å². The average Bonchev–Trinajstić information content (AvgIpc) is 3.17. The predicted molar refractivity (Wildman–Crippen MR) is 115 cm³/mol. The van der Waals surface area contributed by atoms with Gasteiger partial charge in [-0.3, -0.25) is 4.79 Å². The first-order valence-electron chi connectivity index (χ1n) is 11.3. The van der Waals surface area contributed by atoms with Crippen molar-refractivity contribution in [1.82, 2.24) is 0 Å². The number of fused-ring (bicyclic) bond motifs is 1. The molecule has 3 rings (SSSR count). The van der Waals surface area contributed by atoms with E-state index in [0.717, 1.165) is 49.3 Å². The van der Waals surface area contributed by atoms with Crippen molar-refractivity contribution in [3.8, 4) is 5.75 Å². The number of hydrogen-bond acceptors (Lipinski definition) is 2. The molecule has 0 N–H and O–H groups in total. The van der Waals surface area contributed by atoms with E-state index in [-0.39, 0.29) is 11.4 Å². The summed E-state index contributed by atoms with van der Waals surface area (Å²) >= 11 is 0. The van der Waals surface area contributed by atoms with Gasteiger partial charge in [-0.25, -0.2) is 0 Å². The molecule has 2 aliphatic rings. The van der Waals surface area contributed by atoms with Crippen molar-refractivity contribution in [3.05, 3.63) is 28.8 Å². The monoisotopic (exact) mass is 372 g/mol. The lowest BCUT2D eigenvalue weighted by atomic mass is 9.82. The third-order valence-corrected chi connectivity index (χ3v) is 6.39. The van der Waals surface area contributed by atoms with E-state index in [0.29, 0.717) is 6.42 Å². The van der Waals surface area contributed by atoms with Gasteiger partial charge in [-0.05, 0) is 55.4 Å². The molecular weight excluding hydrogens is 332 g/mol. The van der Waals surface area contributed by atoms with Crippen molar-refractivity contribution in [2.24, 2.45) is 5.92 Å². The van der Waals surface area contributed by atoms with Crippen LogP contribution >= 0.6 is 0 Å². The van der Waals surface area contributed by atoms with E-state index in [1.807, 2.05) is 6.07 Å². The Kier molecular flexibility index (Phi) is 8.38. The molecule has 1 saturated carbocycles. The highest BCUT2D eigenvalue weighted by Crippen LogP contribution is 2.40. The highest BCUT2D eigenvalue weighted by Gasteiger charge is 2.39. The molecule has 1 aliphatic heterocycles. The standard InChI is InChI=1S/C18H26O2.C7H14/c1-5-8-18(9-6-2)12-16(19)15-10-13(4)14(7-3)11-17(15)20-18;1-2-7-5-3-4-6-7/h10-11H,5-9,12H2,1-4H3;7H,2-6H2,1H3. The molecule has 0 saturated heterocycles. The van der Waals surface area contributed by atoms with E-state index >= 15 is 0 Å². The van der Waals surface area contributed by atoms with Crippen molar-refractivity contribution in [2.75, 3.05) is 0 Å². The van der Waals surface area contributed by atoms with Gasteiger partial charge in [0.15, 0.2) is 5.78 Å². The summed E-state index contributed by atoms with van der Waals surface area (Å²) in [7, 11) is 0. The van der Waals surface area contributed by atoms with Gasteiger partial charge in [-0.15, -0.1) is 0 Å². The van der Waals surface area contributed by atoms with Crippen LogP contribution in [0.15, 0.2) is 12.1 Å². The Labute approximate surface area is 167 Å². The molecular formula is C25H40O2. The van der Waals surface area contributed by atoms with E-state index in [1.165, 1.54) is 43.2 Å². The lowest BCUT2D eigenvalue weighted by Crippen LogP contribution is -2.42. The molecule has 1 aliphatic carbocycles. The second kappa shape index (κ2) is 10.3. The number of benzene rings is 1. The van der Waals surface area contributed by atoms with Gasteiger partial charge in [0.1, 0.15) is 11.4 Å². The van der Waals surface area contributed by atoms with Gasteiger partial charge in [0, 0.05) is 0 Å². The lowest BCUT2D eigenvalue weighted by molar-refractivity contribution is 0.0270. The quantitative estimate of drug-likeness (QED) is 0.518. The summed E-state index contributed by atoms with van der Waals surface area (Å²) in [6, 6.07) is 4.10. The number of ketones is 1. The molecule has 0 aromatic heterocycles. The number of Topliss-reactive ketones (excluding diaryl/α,β-unsaturated/α-hetero) is 1. The van der Waals surface area contributed by atoms with Crippen LogP contribution in [-0.4, -0.2) is 11.4 Å². The Balaban J connectivity index is 0.000000313. The highest BCUT2D eigenvalue weighted by atomic mass is 16.5. The van der Waals surface area contributed by atoms with E-state index in [9.17, 15) is 4.79 Å². The maximum Gasteiger partial charge on any atom is 0.170 e. The number of carbonyl (C=O) groups excluding carboxylic acids is 1. The Morgan fingerprint density at radius 1 is 1.04 bits per heavy atom. The molecule has 0 atom stereocenters. The van der Waals surface area contributed by atoms with Gasteiger partial charge in [0.2, 0.25) is 0 Å². The Morgan fingerprint density at radius 2 is 1.67 bits per heavy atom. The van der Waals surface area contributed by atoms with E-state index < -0.39 is 0 Å². The van der Waals surface area contributed by atoms with Gasteiger partial charge in [0.05, 0.1) is 12.0 Å². The first-order valence-corrected chi connectivity index (χ1v) is 11.3. The third kappa shape index (κ3) is 5.59. The van der Waals surface area contributed by atoms with Crippen LogP contribution in [0.4, 0.5) is 0 Å². The largest absolute Gasteiger partial charge is 0.486 e. The number of aryl methyl sites for hydroxylation is 2. The van der Waals surface area contributed by atoms with Gasteiger partial charge >= 0.3 is 0 Å². The van der Waals surface area contributed by atoms with E-state index in [2.05, 4.69) is 40.7 Å². The Hall–Kier alpha value is -1.31. The molecule has 152 valence electrons. The molecule has 1 aromatic rings. The van der Waals surface area contributed by atoms with Crippen molar-refractivity contribution in [1.29, 1.82) is 0 Å². The molecule has 1 aromatic carbocycles. The minimum absolute atomic E-state index is 0.249. The van der Waals surface area contributed by atoms with Crippen LogP contribution in [0.3, 0.4) is 0 Å². The first-order chi connectivity index (χ1) is 13.0. The van der Waals surface area contributed by atoms with E-state index in [4.69, 9.17) is 4.74 Å². The maximum absolute atomic E-state index is 12.5. The maximum atomic E-state index is 12.5. The lowest BCUT2D eigenvalue weighted by Gasteiger charge is -2.38. The summed E-state index contributed by atoms with van der Waals surface area (Å²) in [6.07, 6.45) is 13.0. The first kappa shape index (κ1) is 22.0. The number of rotatable bonds is 6.